The standard InChI is InChI=1S/C23H19N/c1-23(2)21-6-4-3-5-17(21)20-11-15-8-7-14-9-10-16(24)12-18(14)19(15)13-22(20)23/h3-13H,24H2,1-2H3. The zero-order chi connectivity index (χ0) is 16.5. The molecule has 0 bridgehead atoms. The molecule has 5 rings (SSSR count). The molecule has 1 heteroatoms. The summed E-state index contributed by atoms with van der Waals surface area (Å²) in [6, 6.07) is 24.1. The van der Waals surface area contributed by atoms with Crippen molar-refractivity contribution in [3.63, 3.8) is 0 Å². The molecule has 0 aromatic heterocycles. The number of rotatable bonds is 0. The number of hydrogen-bond donors (Lipinski definition) is 1. The van der Waals surface area contributed by atoms with Crippen molar-refractivity contribution >= 4 is 27.2 Å². The van der Waals surface area contributed by atoms with E-state index in [1.165, 1.54) is 43.8 Å². The fraction of sp³-hybridized carbons (Fsp3) is 0.130. The van der Waals surface area contributed by atoms with Gasteiger partial charge in [0, 0.05) is 11.1 Å². The van der Waals surface area contributed by atoms with Crippen LogP contribution in [-0.4, -0.2) is 0 Å². The largest absolute Gasteiger partial charge is 0.399 e. The highest BCUT2D eigenvalue weighted by atomic mass is 14.5. The first-order valence-electron chi connectivity index (χ1n) is 8.42. The van der Waals surface area contributed by atoms with E-state index >= 15 is 0 Å². The predicted molar refractivity (Wildman–Crippen MR) is 103 cm³/mol. The van der Waals surface area contributed by atoms with E-state index in [0.717, 1.165) is 5.69 Å². The Morgan fingerprint density at radius 1 is 0.667 bits per heavy atom. The Morgan fingerprint density at radius 3 is 2.25 bits per heavy atom. The Bertz CT molecular complexity index is 1140. The van der Waals surface area contributed by atoms with E-state index < -0.39 is 0 Å². The Labute approximate surface area is 141 Å². The van der Waals surface area contributed by atoms with Crippen LogP contribution in [0, 0.1) is 0 Å². The summed E-state index contributed by atoms with van der Waals surface area (Å²) in [5.41, 5.74) is 12.5. The average Bonchev–Trinajstić information content (AvgIpc) is 2.81. The van der Waals surface area contributed by atoms with Crippen LogP contribution in [0.25, 0.3) is 32.7 Å². The molecule has 0 saturated heterocycles. The van der Waals surface area contributed by atoms with Crippen LogP contribution in [0.3, 0.4) is 0 Å². The summed E-state index contributed by atoms with van der Waals surface area (Å²) in [7, 11) is 0. The third kappa shape index (κ3) is 1.64. The summed E-state index contributed by atoms with van der Waals surface area (Å²) in [6.07, 6.45) is 0. The lowest BCUT2D eigenvalue weighted by Gasteiger charge is -2.22. The number of hydrogen-bond acceptors (Lipinski definition) is 1. The van der Waals surface area contributed by atoms with Gasteiger partial charge in [-0.15, -0.1) is 0 Å². The number of anilines is 1. The molecule has 1 aliphatic rings. The maximum Gasteiger partial charge on any atom is 0.0320 e. The van der Waals surface area contributed by atoms with Gasteiger partial charge in [0.25, 0.3) is 0 Å². The molecule has 24 heavy (non-hydrogen) atoms. The van der Waals surface area contributed by atoms with Gasteiger partial charge in [-0.25, -0.2) is 0 Å². The Morgan fingerprint density at radius 2 is 1.38 bits per heavy atom. The summed E-state index contributed by atoms with van der Waals surface area (Å²) in [5.74, 6) is 0. The molecule has 0 unspecified atom stereocenters. The molecule has 0 spiro atoms. The second kappa shape index (κ2) is 4.39. The van der Waals surface area contributed by atoms with Crippen LogP contribution >= 0.6 is 0 Å². The second-order valence-electron chi connectivity index (χ2n) is 7.34. The third-order valence-electron chi connectivity index (χ3n) is 5.56. The van der Waals surface area contributed by atoms with Crippen LogP contribution in [0.2, 0.25) is 0 Å². The van der Waals surface area contributed by atoms with Gasteiger partial charge in [0.15, 0.2) is 0 Å². The van der Waals surface area contributed by atoms with Crippen molar-refractivity contribution < 1.29 is 0 Å². The van der Waals surface area contributed by atoms with Crippen LogP contribution in [0.1, 0.15) is 25.0 Å². The molecule has 1 nitrogen and oxygen atoms in total. The summed E-state index contributed by atoms with van der Waals surface area (Å²) in [6.45, 7) is 4.64. The van der Waals surface area contributed by atoms with Gasteiger partial charge in [0.1, 0.15) is 0 Å². The van der Waals surface area contributed by atoms with Crippen LogP contribution in [0.4, 0.5) is 5.69 Å². The quantitative estimate of drug-likeness (QED) is 0.318. The topological polar surface area (TPSA) is 26.0 Å². The maximum atomic E-state index is 6.05. The van der Waals surface area contributed by atoms with E-state index in [1.54, 1.807) is 0 Å². The minimum atomic E-state index is 0.0304. The van der Waals surface area contributed by atoms with E-state index in [-0.39, 0.29) is 5.41 Å². The van der Waals surface area contributed by atoms with Gasteiger partial charge in [-0.1, -0.05) is 56.3 Å². The van der Waals surface area contributed by atoms with Crippen LogP contribution in [-0.2, 0) is 5.41 Å². The highest BCUT2D eigenvalue weighted by Crippen LogP contribution is 2.50. The highest BCUT2D eigenvalue weighted by Gasteiger charge is 2.35. The number of nitrogen functional groups attached to an aromatic ring is 1. The van der Waals surface area contributed by atoms with Crippen molar-refractivity contribution in [3.8, 4) is 11.1 Å². The Hall–Kier alpha value is -2.80. The van der Waals surface area contributed by atoms with Gasteiger partial charge in [0.2, 0.25) is 0 Å². The smallest absolute Gasteiger partial charge is 0.0320 e. The van der Waals surface area contributed by atoms with E-state index in [1.807, 2.05) is 6.07 Å². The van der Waals surface area contributed by atoms with Crippen molar-refractivity contribution in [3.05, 3.63) is 77.9 Å². The van der Waals surface area contributed by atoms with Gasteiger partial charge in [-0.3, -0.25) is 0 Å². The average molecular weight is 309 g/mol. The van der Waals surface area contributed by atoms with Gasteiger partial charge in [0.05, 0.1) is 0 Å². The molecule has 4 aromatic carbocycles. The lowest BCUT2D eigenvalue weighted by Crippen LogP contribution is -2.14. The summed E-state index contributed by atoms with van der Waals surface area (Å²) in [4.78, 5) is 0. The molecule has 116 valence electrons. The van der Waals surface area contributed by atoms with E-state index in [0.29, 0.717) is 0 Å². The van der Waals surface area contributed by atoms with Crippen molar-refractivity contribution in [2.75, 3.05) is 5.73 Å². The number of fused-ring (bicyclic) bond motifs is 6. The van der Waals surface area contributed by atoms with Gasteiger partial charge in [-0.05, 0) is 68.1 Å². The van der Waals surface area contributed by atoms with Crippen molar-refractivity contribution in [2.45, 2.75) is 19.3 Å². The SMILES string of the molecule is CC1(C)c2ccccc2-c2cc3ccc4ccc(N)cc4c3cc21. The normalized spacial score (nSPS) is 14.8. The predicted octanol–water partition coefficient (Wildman–Crippen LogP) is 5.88. The molecule has 0 amide bonds. The Balaban J connectivity index is 1.94. The van der Waals surface area contributed by atoms with Crippen LogP contribution in [0.15, 0.2) is 66.7 Å². The van der Waals surface area contributed by atoms with E-state index in [4.69, 9.17) is 5.73 Å². The molecule has 0 saturated carbocycles. The number of benzene rings is 4. The lowest BCUT2D eigenvalue weighted by molar-refractivity contribution is 0.661. The molecule has 0 heterocycles. The molecular weight excluding hydrogens is 290 g/mol. The first-order chi connectivity index (χ1) is 11.6. The summed E-state index contributed by atoms with van der Waals surface area (Å²) >= 11 is 0. The van der Waals surface area contributed by atoms with E-state index in [2.05, 4.69) is 74.5 Å². The van der Waals surface area contributed by atoms with Crippen molar-refractivity contribution in [1.29, 1.82) is 0 Å². The zero-order valence-corrected chi connectivity index (χ0v) is 13.9. The fourth-order valence-corrected chi connectivity index (χ4v) is 4.27. The highest BCUT2D eigenvalue weighted by molar-refractivity contribution is 6.10. The minimum absolute atomic E-state index is 0.0304. The van der Waals surface area contributed by atoms with Gasteiger partial charge < -0.3 is 5.73 Å². The van der Waals surface area contributed by atoms with Gasteiger partial charge in [-0.2, -0.15) is 0 Å². The maximum absolute atomic E-state index is 6.05. The molecule has 0 fully saturated rings. The van der Waals surface area contributed by atoms with Crippen LogP contribution < -0.4 is 5.73 Å². The van der Waals surface area contributed by atoms with E-state index in [9.17, 15) is 0 Å². The first kappa shape index (κ1) is 13.6. The fourth-order valence-electron chi connectivity index (χ4n) is 4.27. The molecule has 0 radical (unpaired) electrons. The molecule has 2 N–H and O–H groups in total. The third-order valence-corrected chi connectivity index (χ3v) is 5.56. The van der Waals surface area contributed by atoms with Crippen molar-refractivity contribution in [2.24, 2.45) is 0 Å². The number of nitrogens with two attached hydrogens (primary N) is 1. The molecule has 4 aromatic rings. The zero-order valence-electron chi connectivity index (χ0n) is 13.9. The Kier molecular flexibility index (Phi) is 2.49. The second-order valence-corrected chi connectivity index (χ2v) is 7.34. The molecule has 0 atom stereocenters. The minimum Gasteiger partial charge on any atom is -0.399 e. The van der Waals surface area contributed by atoms with Gasteiger partial charge >= 0.3 is 0 Å². The molecule has 1 aliphatic carbocycles. The van der Waals surface area contributed by atoms with Crippen molar-refractivity contribution in [1.82, 2.24) is 0 Å². The summed E-state index contributed by atoms with van der Waals surface area (Å²) < 4.78 is 0. The molecular formula is C23H19N. The molecule has 0 aliphatic heterocycles. The summed E-state index contributed by atoms with van der Waals surface area (Å²) in [5, 5.41) is 5.05. The lowest BCUT2D eigenvalue weighted by atomic mass is 9.81. The van der Waals surface area contributed by atoms with Crippen LogP contribution in [0.5, 0.6) is 0 Å². The first-order valence-corrected chi connectivity index (χ1v) is 8.42. The monoisotopic (exact) mass is 309 g/mol.